The fourth-order valence-electron chi connectivity index (χ4n) is 2.09. The maximum atomic E-state index is 13.4. The van der Waals surface area contributed by atoms with Crippen LogP contribution < -0.4 is 10.5 Å². The molecule has 0 bridgehead atoms. The van der Waals surface area contributed by atoms with E-state index in [1.54, 1.807) is 6.92 Å². The highest BCUT2D eigenvalue weighted by Gasteiger charge is 2.21. The Labute approximate surface area is 123 Å². The van der Waals surface area contributed by atoms with Crippen molar-refractivity contribution in [1.82, 2.24) is 4.72 Å². The molecule has 1 atom stereocenters. The molecule has 0 saturated carbocycles. The number of sulfonamides is 1. The van der Waals surface area contributed by atoms with Gasteiger partial charge < -0.3 is 5.73 Å². The minimum absolute atomic E-state index is 0.234. The third kappa shape index (κ3) is 3.80. The summed E-state index contributed by atoms with van der Waals surface area (Å²) in [5, 5.41) is 0. The fourth-order valence-corrected chi connectivity index (χ4v) is 3.47. The first-order valence-electron chi connectivity index (χ1n) is 6.50. The Morgan fingerprint density at radius 3 is 2.48 bits per heavy atom. The molecular formula is C15H17FN2O2S. The first-order chi connectivity index (χ1) is 9.90. The molecule has 0 radical (unpaired) electrons. The second kappa shape index (κ2) is 6.24. The molecule has 0 amide bonds. The van der Waals surface area contributed by atoms with Crippen LogP contribution >= 0.6 is 0 Å². The summed E-state index contributed by atoms with van der Waals surface area (Å²) >= 11 is 0. The van der Waals surface area contributed by atoms with Crippen molar-refractivity contribution >= 4 is 15.7 Å². The lowest BCUT2D eigenvalue weighted by atomic mass is 10.1. The predicted octanol–water partition coefficient (Wildman–Crippen LogP) is 2.32. The average Bonchev–Trinajstić information content (AvgIpc) is 2.42. The van der Waals surface area contributed by atoms with Crippen molar-refractivity contribution in [2.45, 2.75) is 24.3 Å². The van der Waals surface area contributed by atoms with E-state index >= 15 is 0 Å². The van der Waals surface area contributed by atoms with Crippen molar-refractivity contribution in [1.29, 1.82) is 0 Å². The minimum Gasteiger partial charge on any atom is -0.395 e. The molecule has 0 aromatic heterocycles. The van der Waals surface area contributed by atoms with E-state index in [-0.39, 0.29) is 16.6 Å². The molecule has 112 valence electrons. The van der Waals surface area contributed by atoms with Crippen molar-refractivity contribution in [3.63, 3.8) is 0 Å². The largest absolute Gasteiger partial charge is 0.395 e. The molecule has 4 nitrogen and oxygen atoms in total. The van der Waals surface area contributed by atoms with Crippen LogP contribution in [0.4, 0.5) is 10.1 Å². The average molecular weight is 308 g/mol. The van der Waals surface area contributed by atoms with Crippen molar-refractivity contribution in [2.24, 2.45) is 0 Å². The predicted molar refractivity (Wildman–Crippen MR) is 80.7 cm³/mol. The summed E-state index contributed by atoms with van der Waals surface area (Å²) in [7, 11) is -3.85. The Kier molecular flexibility index (Phi) is 4.59. The van der Waals surface area contributed by atoms with Gasteiger partial charge in [-0.3, -0.25) is 0 Å². The van der Waals surface area contributed by atoms with Crippen LogP contribution in [0.15, 0.2) is 53.4 Å². The molecule has 2 rings (SSSR count). The summed E-state index contributed by atoms with van der Waals surface area (Å²) in [6.07, 6.45) is 0.537. The molecule has 3 N–H and O–H groups in total. The highest BCUT2D eigenvalue weighted by molar-refractivity contribution is 7.89. The summed E-state index contributed by atoms with van der Waals surface area (Å²) in [6.45, 7) is 1.75. The van der Waals surface area contributed by atoms with E-state index in [2.05, 4.69) is 4.72 Å². The zero-order chi connectivity index (χ0) is 15.5. The number of hydrogen-bond donors (Lipinski definition) is 2. The lowest BCUT2D eigenvalue weighted by Gasteiger charge is -2.15. The summed E-state index contributed by atoms with van der Waals surface area (Å²) in [4.78, 5) is -0.234. The van der Waals surface area contributed by atoms with Crippen LogP contribution in [0, 0.1) is 5.82 Å². The second-order valence-corrected chi connectivity index (χ2v) is 6.55. The fraction of sp³-hybridized carbons (Fsp3) is 0.200. The SMILES string of the molecule is CC(Cc1ccccc1)NS(=O)(=O)c1cccc(F)c1N. The number of halogens is 1. The zero-order valence-corrected chi connectivity index (χ0v) is 12.4. The number of benzene rings is 2. The van der Waals surface area contributed by atoms with Crippen LogP contribution in [-0.4, -0.2) is 14.5 Å². The summed E-state index contributed by atoms with van der Waals surface area (Å²) in [5.41, 5.74) is 6.15. The van der Waals surface area contributed by atoms with E-state index in [1.165, 1.54) is 12.1 Å². The summed E-state index contributed by atoms with van der Waals surface area (Å²) in [5.74, 6) is -0.742. The van der Waals surface area contributed by atoms with Gasteiger partial charge in [-0.15, -0.1) is 0 Å². The number of para-hydroxylation sites is 1. The van der Waals surface area contributed by atoms with Crippen LogP contribution in [0.1, 0.15) is 12.5 Å². The van der Waals surface area contributed by atoms with Gasteiger partial charge in [-0.1, -0.05) is 36.4 Å². The van der Waals surface area contributed by atoms with Gasteiger partial charge in [-0.2, -0.15) is 0 Å². The summed E-state index contributed by atoms with van der Waals surface area (Å²) in [6, 6.07) is 12.9. The smallest absolute Gasteiger partial charge is 0.242 e. The van der Waals surface area contributed by atoms with Gasteiger partial charge in [-0.05, 0) is 31.0 Å². The van der Waals surface area contributed by atoms with E-state index in [0.717, 1.165) is 11.6 Å². The molecule has 0 aliphatic rings. The molecule has 21 heavy (non-hydrogen) atoms. The van der Waals surface area contributed by atoms with Crippen LogP contribution in [0.3, 0.4) is 0 Å². The monoisotopic (exact) mass is 308 g/mol. The van der Waals surface area contributed by atoms with Crippen LogP contribution in [0.2, 0.25) is 0 Å². The highest BCUT2D eigenvalue weighted by Crippen LogP contribution is 2.21. The molecule has 6 heteroatoms. The number of anilines is 1. The number of nitrogens with one attached hydrogen (secondary N) is 1. The van der Waals surface area contributed by atoms with E-state index < -0.39 is 15.8 Å². The van der Waals surface area contributed by atoms with Gasteiger partial charge in [0.15, 0.2) is 0 Å². The van der Waals surface area contributed by atoms with Gasteiger partial charge in [0.05, 0.1) is 5.69 Å². The maximum Gasteiger partial charge on any atom is 0.242 e. The normalized spacial score (nSPS) is 13.0. The Balaban J connectivity index is 2.16. The number of rotatable bonds is 5. The Morgan fingerprint density at radius 1 is 1.14 bits per heavy atom. The first-order valence-corrected chi connectivity index (χ1v) is 7.98. The van der Waals surface area contributed by atoms with Crippen molar-refractivity contribution in [3.8, 4) is 0 Å². The van der Waals surface area contributed by atoms with Crippen molar-refractivity contribution < 1.29 is 12.8 Å². The number of hydrogen-bond acceptors (Lipinski definition) is 3. The summed E-state index contributed by atoms with van der Waals surface area (Å²) < 4.78 is 40.4. The van der Waals surface area contributed by atoms with Crippen molar-refractivity contribution in [2.75, 3.05) is 5.73 Å². The molecule has 0 spiro atoms. The lowest BCUT2D eigenvalue weighted by Crippen LogP contribution is -2.34. The topological polar surface area (TPSA) is 72.2 Å². The molecule has 2 aromatic carbocycles. The van der Waals surface area contributed by atoms with Crippen LogP contribution in [0.5, 0.6) is 0 Å². The van der Waals surface area contributed by atoms with Gasteiger partial charge in [0.25, 0.3) is 0 Å². The molecule has 0 fully saturated rings. The molecule has 0 heterocycles. The molecule has 0 saturated heterocycles. The van der Waals surface area contributed by atoms with Crippen molar-refractivity contribution in [3.05, 3.63) is 59.9 Å². The highest BCUT2D eigenvalue weighted by atomic mass is 32.2. The van der Waals surface area contributed by atoms with E-state index in [0.29, 0.717) is 6.42 Å². The van der Waals surface area contributed by atoms with E-state index in [9.17, 15) is 12.8 Å². The van der Waals surface area contributed by atoms with Gasteiger partial charge in [0.2, 0.25) is 10.0 Å². The van der Waals surface area contributed by atoms with Gasteiger partial charge in [0.1, 0.15) is 10.7 Å². The van der Waals surface area contributed by atoms with Gasteiger partial charge >= 0.3 is 0 Å². The lowest BCUT2D eigenvalue weighted by molar-refractivity contribution is 0.558. The third-order valence-corrected chi connectivity index (χ3v) is 4.69. The standard InChI is InChI=1S/C15H17FN2O2S/c1-11(10-12-6-3-2-4-7-12)18-21(19,20)14-9-5-8-13(16)15(14)17/h2-9,11,18H,10,17H2,1H3. The quantitative estimate of drug-likeness (QED) is 0.833. The Morgan fingerprint density at radius 2 is 1.81 bits per heavy atom. The Bertz CT molecular complexity index is 718. The number of nitrogens with two attached hydrogens (primary N) is 1. The van der Waals surface area contributed by atoms with Gasteiger partial charge in [-0.25, -0.2) is 17.5 Å². The molecular weight excluding hydrogens is 291 g/mol. The molecule has 1 unspecified atom stereocenters. The van der Waals surface area contributed by atoms with E-state index in [4.69, 9.17) is 5.73 Å². The first kappa shape index (κ1) is 15.5. The minimum atomic E-state index is -3.85. The maximum absolute atomic E-state index is 13.4. The molecule has 0 aliphatic carbocycles. The third-order valence-electron chi connectivity index (χ3n) is 3.04. The second-order valence-electron chi connectivity index (χ2n) is 4.86. The van der Waals surface area contributed by atoms with Crippen LogP contribution in [0.25, 0.3) is 0 Å². The molecule has 2 aromatic rings. The van der Waals surface area contributed by atoms with Crippen LogP contribution in [-0.2, 0) is 16.4 Å². The Hall–Kier alpha value is -1.92. The van der Waals surface area contributed by atoms with E-state index in [1.807, 2.05) is 30.3 Å². The molecule has 0 aliphatic heterocycles. The van der Waals surface area contributed by atoms with Gasteiger partial charge in [0, 0.05) is 6.04 Å². The zero-order valence-electron chi connectivity index (χ0n) is 11.6. The number of nitrogen functional groups attached to an aromatic ring is 1.